The minimum absolute atomic E-state index is 0.0295. The van der Waals surface area contributed by atoms with Crippen molar-refractivity contribution in [1.82, 2.24) is 0 Å². The molecular weight excluding hydrogens is 364 g/mol. The first-order valence-electron chi connectivity index (χ1n) is 13.7. The highest BCUT2D eigenvalue weighted by Gasteiger charge is 2.54. The standard InChI is InChI=1S/C27H46O.C2H6/c1-18(2)19(3)7-6-8-20-10-12-24-23-11-9-21-17-22(28)13-15-27(21,5)25(23)14-16-26(20,24)4;1-2/h18-22,24,28H,6-17H2,1-5H3;1-2H3/t19-,20-,21-,22-,24-,26+,27-;/m0./s1. The van der Waals surface area contributed by atoms with E-state index in [9.17, 15) is 5.11 Å². The number of fused-ring (bicyclic) bond motifs is 4. The zero-order valence-corrected chi connectivity index (χ0v) is 21.4. The van der Waals surface area contributed by atoms with E-state index in [1.165, 1.54) is 64.2 Å². The van der Waals surface area contributed by atoms with E-state index in [-0.39, 0.29) is 6.10 Å². The maximum Gasteiger partial charge on any atom is 0.0543 e. The molecule has 2 saturated carbocycles. The Morgan fingerprint density at radius 3 is 2.40 bits per heavy atom. The molecule has 0 aromatic rings. The first-order valence-corrected chi connectivity index (χ1v) is 13.7. The molecule has 0 unspecified atom stereocenters. The highest BCUT2D eigenvalue weighted by Crippen LogP contribution is 2.65. The van der Waals surface area contributed by atoms with Gasteiger partial charge in [0.15, 0.2) is 0 Å². The summed E-state index contributed by atoms with van der Waals surface area (Å²) in [4.78, 5) is 0. The molecule has 174 valence electrons. The Labute approximate surface area is 188 Å². The smallest absolute Gasteiger partial charge is 0.0543 e. The van der Waals surface area contributed by atoms with Crippen molar-refractivity contribution in [2.45, 2.75) is 132 Å². The van der Waals surface area contributed by atoms with E-state index in [0.717, 1.165) is 42.4 Å². The van der Waals surface area contributed by atoms with Crippen molar-refractivity contribution in [3.63, 3.8) is 0 Å². The minimum Gasteiger partial charge on any atom is -0.393 e. The molecular formula is C29H52O. The molecule has 0 aromatic heterocycles. The fraction of sp³-hybridized carbons (Fsp3) is 0.931. The van der Waals surface area contributed by atoms with Crippen LogP contribution in [0, 0.1) is 40.4 Å². The van der Waals surface area contributed by atoms with Crippen LogP contribution in [0.2, 0.25) is 0 Å². The molecule has 0 radical (unpaired) electrons. The Bertz CT molecular complexity index is 603. The molecule has 7 atom stereocenters. The average Bonchev–Trinajstić information content (AvgIpc) is 3.06. The van der Waals surface area contributed by atoms with E-state index in [1.807, 2.05) is 25.0 Å². The monoisotopic (exact) mass is 416 g/mol. The molecule has 2 fully saturated rings. The summed E-state index contributed by atoms with van der Waals surface area (Å²) in [5, 5.41) is 10.2. The van der Waals surface area contributed by atoms with Crippen LogP contribution in [0.15, 0.2) is 11.1 Å². The summed E-state index contributed by atoms with van der Waals surface area (Å²) in [6.45, 7) is 16.5. The van der Waals surface area contributed by atoms with Gasteiger partial charge in [0.2, 0.25) is 0 Å². The lowest BCUT2D eigenvalue weighted by Gasteiger charge is -2.54. The summed E-state index contributed by atoms with van der Waals surface area (Å²) in [6, 6.07) is 0. The number of hydrogen-bond donors (Lipinski definition) is 1. The van der Waals surface area contributed by atoms with E-state index in [1.54, 1.807) is 0 Å². The second-order valence-corrected chi connectivity index (χ2v) is 12.1. The molecule has 4 aliphatic carbocycles. The minimum atomic E-state index is -0.0295. The van der Waals surface area contributed by atoms with Crippen molar-refractivity contribution in [3.05, 3.63) is 11.1 Å². The zero-order chi connectivity index (χ0) is 22.1. The first kappa shape index (κ1) is 24.3. The summed E-state index contributed by atoms with van der Waals surface area (Å²) in [7, 11) is 0. The molecule has 0 heterocycles. The number of rotatable bonds is 5. The van der Waals surface area contributed by atoms with Crippen LogP contribution < -0.4 is 0 Å². The van der Waals surface area contributed by atoms with Gasteiger partial charge in [0.25, 0.3) is 0 Å². The molecule has 1 N–H and O–H groups in total. The van der Waals surface area contributed by atoms with Crippen LogP contribution in [0.25, 0.3) is 0 Å². The average molecular weight is 417 g/mol. The van der Waals surface area contributed by atoms with Crippen LogP contribution in [-0.4, -0.2) is 11.2 Å². The van der Waals surface area contributed by atoms with Crippen LogP contribution in [0.4, 0.5) is 0 Å². The maximum absolute atomic E-state index is 10.2. The highest BCUT2D eigenvalue weighted by atomic mass is 16.3. The fourth-order valence-electron chi connectivity index (χ4n) is 8.04. The van der Waals surface area contributed by atoms with Gasteiger partial charge in [-0.1, -0.05) is 72.5 Å². The van der Waals surface area contributed by atoms with Gasteiger partial charge in [0.05, 0.1) is 6.10 Å². The Hall–Kier alpha value is -0.300. The number of allylic oxidation sites excluding steroid dienone is 2. The molecule has 0 amide bonds. The lowest BCUT2D eigenvalue weighted by molar-refractivity contribution is 0.0154. The third kappa shape index (κ3) is 4.31. The Balaban J connectivity index is 0.00000124. The van der Waals surface area contributed by atoms with Crippen molar-refractivity contribution in [1.29, 1.82) is 0 Å². The van der Waals surface area contributed by atoms with Crippen LogP contribution in [-0.2, 0) is 0 Å². The van der Waals surface area contributed by atoms with Crippen LogP contribution in [0.5, 0.6) is 0 Å². The molecule has 30 heavy (non-hydrogen) atoms. The molecule has 1 heteroatoms. The van der Waals surface area contributed by atoms with Gasteiger partial charge >= 0.3 is 0 Å². The SMILES string of the molecule is CC.CC(C)[C@@H](C)CCC[C@H]1CC[C@H]2C3=C(CC[C@]12C)[C@@]1(C)CC[C@H](O)C[C@@H]1CC3. The van der Waals surface area contributed by atoms with E-state index in [2.05, 4.69) is 34.6 Å². The van der Waals surface area contributed by atoms with Crippen LogP contribution in [0.3, 0.4) is 0 Å². The van der Waals surface area contributed by atoms with Crippen LogP contribution in [0.1, 0.15) is 126 Å². The molecule has 0 bridgehead atoms. The normalized spacial score (nSPS) is 41.5. The molecule has 0 aromatic carbocycles. The molecule has 0 saturated heterocycles. The molecule has 0 spiro atoms. The highest BCUT2D eigenvalue weighted by molar-refractivity contribution is 5.34. The third-order valence-electron chi connectivity index (χ3n) is 10.5. The molecule has 0 aliphatic heterocycles. The second kappa shape index (κ2) is 9.68. The summed E-state index contributed by atoms with van der Waals surface area (Å²) >= 11 is 0. The van der Waals surface area contributed by atoms with Gasteiger partial charge < -0.3 is 5.11 Å². The number of aliphatic hydroxyl groups is 1. The van der Waals surface area contributed by atoms with E-state index < -0.39 is 0 Å². The first-order chi connectivity index (χ1) is 14.3. The van der Waals surface area contributed by atoms with Gasteiger partial charge in [-0.25, -0.2) is 0 Å². The Kier molecular flexibility index (Phi) is 7.85. The largest absolute Gasteiger partial charge is 0.393 e. The molecule has 4 rings (SSSR count). The van der Waals surface area contributed by atoms with Gasteiger partial charge in [-0.15, -0.1) is 0 Å². The lowest BCUT2D eigenvalue weighted by Crippen LogP contribution is -2.45. The molecule has 4 aliphatic rings. The fourth-order valence-corrected chi connectivity index (χ4v) is 8.04. The lowest BCUT2D eigenvalue weighted by atomic mass is 9.51. The van der Waals surface area contributed by atoms with Gasteiger partial charge in [-0.05, 0) is 105 Å². The van der Waals surface area contributed by atoms with E-state index in [0.29, 0.717) is 10.8 Å². The zero-order valence-electron chi connectivity index (χ0n) is 21.4. The van der Waals surface area contributed by atoms with Gasteiger partial charge in [-0.2, -0.15) is 0 Å². The molecule has 1 nitrogen and oxygen atoms in total. The number of hydrogen-bond acceptors (Lipinski definition) is 1. The van der Waals surface area contributed by atoms with Crippen molar-refractivity contribution in [2.75, 3.05) is 0 Å². The van der Waals surface area contributed by atoms with Crippen molar-refractivity contribution < 1.29 is 5.11 Å². The second-order valence-electron chi connectivity index (χ2n) is 12.1. The summed E-state index contributed by atoms with van der Waals surface area (Å²) in [6.07, 6.45) is 16.1. The van der Waals surface area contributed by atoms with Gasteiger partial charge in [0.1, 0.15) is 0 Å². The van der Waals surface area contributed by atoms with E-state index in [4.69, 9.17) is 0 Å². The summed E-state index contributed by atoms with van der Waals surface area (Å²) < 4.78 is 0. The quantitative estimate of drug-likeness (QED) is 0.445. The maximum atomic E-state index is 10.2. The van der Waals surface area contributed by atoms with Gasteiger partial charge in [0, 0.05) is 0 Å². The van der Waals surface area contributed by atoms with Gasteiger partial charge in [-0.3, -0.25) is 0 Å². The summed E-state index contributed by atoms with van der Waals surface area (Å²) in [5.41, 5.74) is 4.80. The predicted molar refractivity (Wildman–Crippen MR) is 130 cm³/mol. The Morgan fingerprint density at radius 1 is 0.967 bits per heavy atom. The van der Waals surface area contributed by atoms with Crippen molar-refractivity contribution >= 4 is 0 Å². The summed E-state index contributed by atoms with van der Waals surface area (Å²) in [5.74, 6) is 4.30. The number of aliphatic hydroxyl groups excluding tert-OH is 1. The van der Waals surface area contributed by atoms with Crippen molar-refractivity contribution in [2.24, 2.45) is 40.4 Å². The van der Waals surface area contributed by atoms with Crippen molar-refractivity contribution in [3.8, 4) is 0 Å². The topological polar surface area (TPSA) is 20.2 Å². The predicted octanol–water partition coefficient (Wildman–Crippen LogP) is 8.56. The Morgan fingerprint density at radius 2 is 1.70 bits per heavy atom. The van der Waals surface area contributed by atoms with Crippen LogP contribution >= 0.6 is 0 Å². The van der Waals surface area contributed by atoms with E-state index >= 15 is 0 Å². The third-order valence-corrected chi connectivity index (χ3v) is 10.5.